The number of aliphatic imine (C=N–C) groups is 1. The van der Waals surface area contributed by atoms with Crippen LogP contribution in [0.15, 0.2) is 47.6 Å². The molecular formula is C20H23N3OS. The standard InChI is InChI=1S/C20H23N3OS/c1-4-15-12-25-20-22-18(16-7-5-6-10-21-16)19(23(15)20)14-8-9-17(24-3)13(2)11-14/h5-11,15,18-19H,4,12H2,1-3H3/t15-,18-,19+/m0/s1. The topological polar surface area (TPSA) is 37.7 Å². The van der Waals surface area contributed by atoms with Gasteiger partial charge in [-0.2, -0.15) is 0 Å². The number of thioether (sulfide) groups is 1. The molecule has 0 amide bonds. The van der Waals surface area contributed by atoms with Crippen LogP contribution >= 0.6 is 11.8 Å². The van der Waals surface area contributed by atoms with Crippen molar-refractivity contribution in [3.63, 3.8) is 0 Å². The molecule has 5 heteroatoms. The molecule has 1 fully saturated rings. The summed E-state index contributed by atoms with van der Waals surface area (Å²) < 4.78 is 5.44. The first-order valence-electron chi connectivity index (χ1n) is 8.77. The zero-order chi connectivity index (χ0) is 17.4. The van der Waals surface area contributed by atoms with Gasteiger partial charge in [0.05, 0.1) is 18.8 Å². The van der Waals surface area contributed by atoms with E-state index in [2.05, 4.69) is 48.0 Å². The molecule has 3 heterocycles. The van der Waals surface area contributed by atoms with Crippen LogP contribution in [0.5, 0.6) is 5.75 Å². The summed E-state index contributed by atoms with van der Waals surface area (Å²) in [7, 11) is 1.72. The van der Waals surface area contributed by atoms with Gasteiger partial charge in [-0.1, -0.05) is 36.9 Å². The summed E-state index contributed by atoms with van der Waals surface area (Å²) in [5.74, 6) is 2.05. The highest BCUT2D eigenvalue weighted by molar-refractivity contribution is 8.14. The summed E-state index contributed by atoms with van der Waals surface area (Å²) in [5, 5.41) is 1.17. The lowest BCUT2D eigenvalue weighted by atomic mass is 9.94. The molecule has 4 nitrogen and oxygen atoms in total. The Bertz CT molecular complexity index is 793. The summed E-state index contributed by atoms with van der Waals surface area (Å²) >= 11 is 1.88. The maximum atomic E-state index is 5.44. The van der Waals surface area contributed by atoms with E-state index in [1.54, 1.807) is 7.11 Å². The quantitative estimate of drug-likeness (QED) is 0.818. The minimum Gasteiger partial charge on any atom is -0.496 e. The predicted octanol–water partition coefficient (Wildman–Crippen LogP) is 4.38. The first-order chi connectivity index (χ1) is 12.2. The molecule has 2 aliphatic rings. The van der Waals surface area contributed by atoms with Crippen molar-refractivity contribution in [3.05, 3.63) is 59.4 Å². The van der Waals surface area contributed by atoms with Crippen LogP contribution in [0.25, 0.3) is 0 Å². The van der Waals surface area contributed by atoms with Crippen molar-refractivity contribution in [3.8, 4) is 5.75 Å². The average molecular weight is 353 g/mol. The van der Waals surface area contributed by atoms with Gasteiger partial charge in [-0.25, -0.2) is 0 Å². The Morgan fingerprint density at radius 1 is 1.28 bits per heavy atom. The second kappa shape index (κ2) is 6.71. The first kappa shape index (κ1) is 16.5. The average Bonchev–Trinajstić information content (AvgIpc) is 3.21. The SMILES string of the molecule is CC[C@H]1CSC2=N[C@@H](c3ccccn3)[C@@H](c3ccc(OC)c(C)c3)N21. The lowest BCUT2D eigenvalue weighted by Gasteiger charge is -2.32. The highest BCUT2D eigenvalue weighted by Crippen LogP contribution is 2.48. The van der Waals surface area contributed by atoms with E-state index in [0.29, 0.717) is 6.04 Å². The Hall–Kier alpha value is -2.01. The number of hydrogen-bond donors (Lipinski definition) is 0. The molecule has 0 bridgehead atoms. The third-order valence-electron chi connectivity index (χ3n) is 5.09. The highest BCUT2D eigenvalue weighted by Gasteiger charge is 2.45. The third kappa shape index (κ3) is 2.80. The Balaban J connectivity index is 1.79. The molecule has 0 aliphatic carbocycles. The van der Waals surface area contributed by atoms with Crippen LogP contribution in [0.4, 0.5) is 0 Å². The molecular weight excluding hydrogens is 330 g/mol. The monoisotopic (exact) mass is 353 g/mol. The minimum atomic E-state index is 0.0471. The number of methoxy groups -OCH3 is 1. The maximum Gasteiger partial charge on any atom is 0.160 e. The number of hydrogen-bond acceptors (Lipinski definition) is 5. The minimum absolute atomic E-state index is 0.0471. The zero-order valence-electron chi connectivity index (χ0n) is 14.8. The fraction of sp³-hybridized carbons (Fsp3) is 0.400. The summed E-state index contributed by atoms with van der Waals surface area (Å²) in [6.45, 7) is 4.36. The smallest absolute Gasteiger partial charge is 0.160 e. The molecule has 25 heavy (non-hydrogen) atoms. The number of ether oxygens (including phenoxy) is 1. The second-order valence-electron chi connectivity index (χ2n) is 6.57. The fourth-order valence-corrected chi connectivity index (χ4v) is 5.13. The van der Waals surface area contributed by atoms with Crippen molar-refractivity contribution in [2.75, 3.05) is 12.9 Å². The Kier molecular flexibility index (Phi) is 4.42. The molecule has 0 N–H and O–H groups in total. The molecule has 1 saturated heterocycles. The van der Waals surface area contributed by atoms with Crippen LogP contribution in [-0.4, -0.2) is 34.0 Å². The number of nitrogens with zero attached hydrogens (tertiary/aromatic N) is 3. The molecule has 0 unspecified atom stereocenters. The molecule has 130 valence electrons. The van der Waals surface area contributed by atoms with Gasteiger partial charge in [0.25, 0.3) is 0 Å². The lowest BCUT2D eigenvalue weighted by molar-refractivity contribution is 0.255. The van der Waals surface area contributed by atoms with E-state index in [1.165, 1.54) is 10.7 Å². The van der Waals surface area contributed by atoms with Crippen LogP contribution in [0.1, 0.15) is 42.2 Å². The van der Waals surface area contributed by atoms with E-state index in [1.807, 2.05) is 30.1 Å². The first-order valence-corrected chi connectivity index (χ1v) is 9.76. The number of benzene rings is 1. The normalized spacial score (nSPS) is 25.0. The number of aryl methyl sites for hydroxylation is 1. The highest BCUT2D eigenvalue weighted by atomic mass is 32.2. The van der Waals surface area contributed by atoms with Crippen LogP contribution in [-0.2, 0) is 0 Å². The summed E-state index contributed by atoms with van der Waals surface area (Å²) in [6.07, 6.45) is 2.99. The molecule has 0 spiro atoms. The van der Waals surface area contributed by atoms with Crippen molar-refractivity contribution in [1.82, 2.24) is 9.88 Å². The van der Waals surface area contributed by atoms with Crippen LogP contribution in [0.3, 0.4) is 0 Å². The second-order valence-corrected chi connectivity index (χ2v) is 7.55. The third-order valence-corrected chi connectivity index (χ3v) is 6.22. The van der Waals surface area contributed by atoms with Crippen molar-refractivity contribution < 1.29 is 4.74 Å². The van der Waals surface area contributed by atoms with Crippen LogP contribution < -0.4 is 4.74 Å². The van der Waals surface area contributed by atoms with Gasteiger partial charge < -0.3 is 9.64 Å². The van der Waals surface area contributed by atoms with Gasteiger partial charge in [0.1, 0.15) is 11.8 Å². The van der Waals surface area contributed by atoms with Gasteiger partial charge >= 0.3 is 0 Å². The predicted molar refractivity (Wildman–Crippen MR) is 103 cm³/mol. The fourth-order valence-electron chi connectivity index (χ4n) is 3.80. The van der Waals surface area contributed by atoms with E-state index in [0.717, 1.165) is 29.2 Å². The number of fused-ring (bicyclic) bond motifs is 1. The van der Waals surface area contributed by atoms with Gasteiger partial charge in [0.15, 0.2) is 5.17 Å². The summed E-state index contributed by atoms with van der Waals surface area (Å²) in [4.78, 5) is 12.2. The zero-order valence-corrected chi connectivity index (χ0v) is 15.7. The van der Waals surface area contributed by atoms with Crippen molar-refractivity contribution >= 4 is 16.9 Å². The van der Waals surface area contributed by atoms with Crippen LogP contribution in [0.2, 0.25) is 0 Å². The van der Waals surface area contributed by atoms with Crippen molar-refractivity contribution in [1.29, 1.82) is 0 Å². The largest absolute Gasteiger partial charge is 0.496 e. The lowest BCUT2D eigenvalue weighted by Crippen LogP contribution is -2.35. The summed E-state index contributed by atoms with van der Waals surface area (Å²) in [5.41, 5.74) is 3.49. The van der Waals surface area contributed by atoms with E-state index < -0.39 is 0 Å². The van der Waals surface area contributed by atoms with Gasteiger partial charge in [-0.15, -0.1) is 0 Å². The summed E-state index contributed by atoms with van der Waals surface area (Å²) in [6, 6.07) is 13.4. The Labute approximate surface area is 153 Å². The Morgan fingerprint density at radius 2 is 2.16 bits per heavy atom. The number of pyridine rings is 1. The number of rotatable bonds is 4. The van der Waals surface area contributed by atoms with Gasteiger partial charge in [-0.05, 0) is 42.7 Å². The van der Waals surface area contributed by atoms with E-state index in [-0.39, 0.29) is 12.1 Å². The Morgan fingerprint density at radius 3 is 2.84 bits per heavy atom. The molecule has 1 aromatic heterocycles. The van der Waals surface area contributed by atoms with E-state index in [9.17, 15) is 0 Å². The van der Waals surface area contributed by atoms with Crippen molar-refractivity contribution in [2.24, 2.45) is 4.99 Å². The van der Waals surface area contributed by atoms with Gasteiger partial charge in [0, 0.05) is 18.0 Å². The maximum absolute atomic E-state index is 5.44. The molecule has 2 aliphatic heterocycles. The molecule has 0 radical (unpaired) electrons. The number of amidine groups is 1. The molecule has 1 aromatic carbocycles. The molecule has 4 rings (SSSR count). The van der Waals surface area contributed by atoms with Crippen molar-refractivity contribution in [2.45, 2.75) is 38.4 Å². The molecule has 0 saturated carbocycles. The van der Waals surface area contributed by atoms with Crippen LogP contribution in [0, 0.1) is 6.92 Å². The number of aromatic nitrogens is 1. The van der Waals surface area contributed by atoms with Gasteiger partial charge in [-0.3, -0.25) is 9.98 Å². The van der Waals surface area contributed by atoms with E-state index in [4.69, 9.17) is 9.73 Å². The molecule has 3 atom stereocenters. The molecule has 2 aromatic rings. The van der Waals surface area contributed by atoms with E-state index >= 15 is 0 Å². The van der Waals surface area contributed by atoms with Gasteiger partial charge in [0.2, 0.25) is 0 Å².